The zero-order valence-corrected chi connectivity index (χ0v) is 17.6. The number of aliphatic hydroxyl groups is 1. The van der Waals surface area contributed by atoms with Crippen LogP contribution < -0.4 is 10.1 Å². The van der Waals surface area contributed by atoms with Crippen molar-refractivity contribution in [3.63, 3.8) is 0 Å². The van der Waals surface area contributed by atoms with Gasteiger partial charge in [0.25, 0.3) is 12.4 Å². The maximum absolute atomic E-state index is 13.1. The van der Waals surface area contributed by atoms with E-state index in [0.29, 0.717) is 19.4 Å². The number of likely N-dealkylation sites (N-methyl/N-ethyl adjacent to an activating group) is 1. The van der Waals surface area contributed by atoms with E-state index in [1.54, 1.807) is 6.07 Å². The summed E-state index contributed by atoms with van der Waals surface area (Å²) >= 11 is 0. The lowest BCUT2D eigenvalue weighted by Crippen LogP contribution is -2.42. The van der Waals surface area contributed by atoms with Gasteiger partial charge in [-0.1, -0.05) is 6.07 Å². The second-order valence-corrected chi connectivity index (χ2v) is 7.74. The Hall–Kier alpha value is -2.72. The van der Waals surface area contributed by atoms with Gasteiger partial charge in [0.15, 0.2) is 6.61 Å². The first-order chi connectivity index (χ1) is 14.8. The van der Waals surface area contributed by atoms with Crippen LogP contribution in [0.3, 0.4) is 0 Å². The van der Waals surface area contributed by atoms with E-state index in [9.17, 15) is 19.1 Å². The summed E-state index contributed by atoms with van der Waals surface area (Å²) in [6.45, 7) is 2.72. The molecule has 1 saturated heterocycles. The molecule has 0 bridgehead atoms. The molecule has 2 amide bonds. The van der Waals surface area contributed by atoms with E-state index in [1.807, 2.05) is 11.9 Å². The molecule has 0 aromatic heterocycles. The quantitative estimate of drug-likeness (QED) is 0.566. The highest BCUT2D eigenvalue weighted by Gasteiger charge is 2.39. The second-order valence-electron chi connectivity index (χ2n) is 7.74. The minimum atomic E-state index is -0.762. The minimum Gasteiger partial charge on any atom is -0.484 e. The molecule has 1 heterocycles. The molecule has 0 unspecified atom stereocenters. The van der Waals surface area contributed by atoms with Crippen LogP contribution in [0.25, 0.3) is 0 Å². The van der Waals surface area contributed by atoms with Crippen LogP contribution in [0.15, 0.2) is 24.3 Å². The summed E-state index contributed by atoms with van der Waals surface area (Å²) in [6.07, 6.45) is 0.940. The molecule has 3 atom stereocenters. The van der Waals surface area contributed by atoms with Crippen molar-refractivity contribution in [3.05, 3.63) is 30.1 Å². The zero-order valence-electron chi connectivity index (χ0n) is 17.6. The van der Waals surface area contributed by atoms with Gasteiger partial charge in [0.2, 0.25) is 5.91 Å². The van der Waals surface area contributed by atoms with Crippen LogP contribution >= 0.6 is 0 Å². The molecule has 1 aliphatic carbocycles. The summed E-state index contributed by atoms with van der Waals surface area (Å²) in [5.41, 5.74) is 0. The van der Waals surface area contributed by atoms with Crippen LogP contribution in [0.2, 0.25) is 0 Å². The Bertz CT molecular complexity index is 750. The molecule has 10 heteroatoms. The number of carboxylic acid groups (broad SMARTS) is 1. The van der Waals surface area contributed by atoms with Gasteiger partial charge >= 0.3 is 0 Å². The molecule has 0 radical (unpaired) electrons. The Labute approximate surface area is 180 Å². The number of carbonyl (C=O) groups excluding carboxylic acids is 2. The van der Waals surface area contributed by atoms with Crippen molar-refractivity contribution in [1.29, 1.82) is 0 Å². The Morgan fingerprint density at radius 3 is 2.71 bits per heavy atom. The largest absolute Gasteiger partial charge is 0.484 e. The first-order valence-corrected chi connectivity index (χ1v) is 10.2. The summed E-state index contributed by atoms with van der Waals surface area (Å²) in [5.74, 6) is -0.806. The lowest BCUT2D eigenvalue weighted by molar-refractivity contribution is -0.135. The third-order valence-electron chi connectivity index (χ3n) is 5.42. The van der Waals surface area contributed by atoms with E-state index in [0.717, 1.165) is 26.1 Å². The van der Waals surface area contributed by atoms with Crippen LogP contribution in [0.4, 0.5) is 4.39 Å². The number of ether oxygens (including phenoxy) is 1. The molecule has 3 rings (SSSR count). The standard InChI is InChI=1S/C20H28FN3O4.CH2O2/c1-23-6-3-7-24(9-8-23)20(27)14-10-17(18(25)11-14)22-19(26)13-28-16-5-2-4-15(21)12-16;2-1-3/h2,4-5,12,14,17-18,25H,3,6-11,13H2,1H3,(H,22,26);1H,(H,2,3)/t14-,17+,18+;/m0./s1. The highest BCUT2D eigenvalue weighted by Crippen LogP contribution is 2.28. The molecule has 1 aliphatic heterocycles. The van der Waals surface area contributed by atoms with Gasteiger partial charge in [-0.3, -0.25) is 14.4 Å². The second kappa shape index (κ2) is 12.2. The van der Waals surface area contributed by atoms with Crippen LogP contribution in [0.5, 0.6) is 5.75 Å². The van der Waals surface area contributed by atoms with E-state index in [-0.39, 0.29) is 30.7 Å². The average molecular weight is 439 g/mol. The minimum absolute atomic E-state index is 0.0575. The van der Waals surface area contributed by atoms with Gasteiger partial charge in [-0.25, -0.2) is 4.39 Å². The topological polar surface area (TPSA) is 119 Å². The Morgan fingerprint density at radius 2 is 2.00 bits per heavy atom. The van der Waals surface area contributed by atoms with Crippen molar-refractivity contribution in [2.24, 2.45) is 5.92 Å². The van der Waals surface area contributed by atoms with Gasteiger partial charge in [-0.2, -0.15) is 0 Å². The maximum atomic E-state index is 13.1. The summed E-state index contributed by atoms with van der Waals surface area (Å²) in [5, 5.41) is 19.9. The van der Waals surface area contributed by atoms with Crippen LogP contribution in [0, 0.1) is 11.7 Å². The number of benzene rings is 1. The van der Waals surface area contributed by atoms with Gasteiger partial charge < -0.3 is 30.1 Å². The predicted molar refractivity (Wildman–Crippen MR) is 110 cm³/mol. The molecule has 3 N–H and O–H groups in total. The molecule has 31 heavy (non-hydrogen) atoms. The summed E-state index contributed by atoms with van der Waals surface area (Å²) in [4.78, 5) is 37.4. The Balaban J connectivity index is 0.00000107. The Morgan fingerprint density at radius 1 is 1.26 bits per heavy atom. The first kappa shape index (κ1) is 24.5. The van der Waals surface area contributed by atoms with Crippen molar-refractivity contribution in [2.45, 2.75) is 31.4 Å². The molecule has 1 aromatic carbocycles. The van der Waals surface area contributed by atoms with E-state index < -0.39 is 23.9 Å². The highest BCUT2D eigenvalue weighted by molar-refractivity contribution is 5.80. The molecule has 2 aliphatic rings. The van der Waals surface area contributed by atoms with E-state index in [2.05, 4.69) is 10.2 Å². The highest BCUT2D eigenvalue weighted by atomic mass is 19.1. The summed E-state index contributed by atoms with van der Waals surface area (Å²) in [6, 6.07) is 5.08. The van der Waals surface area contributed by atoms with Crippen molar-refractivity contribution < 1.29 is 33.7 Å². The molecule has 1 aromatic rings. The number of amides is 2. The van der Waals surface area contributed by atoms with Gasteiger partial charge in [0.05, 0.1) is 12.1 Å². The smallest absolute Gasteiger partial charge is 0.290 e. The molecule has 2 fully saturated rings. The number of halogens is 1. The lowest BCUT2D eigenvalue weighted by Gasteiger charge is -2.24. The predicted octanol–water partition coefficient (Wildman–Crippen LogP) is 0.325. The number of rotatable bonds is 5. The number of nitrogens with zero attached hydrogens (tertiary/aromatic N) is 2. The summed E-state index contributed by atoms with van der Waals surface area (Å²) < 4.78 is 18.4. The van der Waals surface area contributed by atoms with Crippen molar-refractivity contribution in [3.8, 4) is 5.75 Å². The van der Waals surface area contributed by atoms with Crippen LogP contribution in [-0.4, -0.2) is 90.3 Å². The molecule has 172 valence electrons. The monoisotopic (exact) mass is 439 g/mol. The fourth-order valence-electron chi connectivity index (χ4n) is 3.85. The zero-order chi connectivity index (χ0) is 22.8. The molecular formula is C21H30FN3O6. The molecular weight excluding hydrogens is 409 g/mol. The van der Waals surface area contributed by atoms with E-state index >= 15 is 0 Å². The average Bonchev–Trinajstić information content (AvgIpc) is 2.94. The molecule has 0 spiro atoms. The summed E-state index contributed by atoms with van der Waals surface area (Å²) in [7, 11) is 2.05. The van der Waals surface area contributed by atoms with Crippen molar-refractivity contribution in [1.82, 2.24) is 15.1 Å². The number of aliphatic hydroxyl groups excluding tert-OH is 1. The molecule has 9 nitrogen and oxygen atoms in total. The normalized spacial score (nSPS) is 23.8. The van der Waals surface area contributed by atoms with E-state index in [4.69, 9.17) is 14.6 Å². The number of carbonyl (C=O) groups is 3. The molecule has 1 saturated carbocycles. The fourth-order valence-corrected chi connectivity index (χ4v) is 3.85. The van der Waals surface area contributed by atoms with Crippen molar-refractivity contribution >= 4 is 18.3 Å². The number of hydrogen-bond donors (Lipinski definition) is 3. The SMILES string of the molecule is CN1CCCN(C(=O)[C@@H]2C[C@@H](O)[C@H](NC(=O)COc3cccc(F)c3)C2)CC1.O=CO. The third-order valence-corrected chi connectivity index (χ3v) is 5.42. The van der Waals surface area contributed by atoms with Gasteiger partial charge in [-0.05, 0) is 45.0 Å². The first-order valence-electron chi connectivity index (χ1n) is 10.2. The lowest BCUT2D eigenvalue weighted by atomic mass is 10.1. The fraction of sp³-hybridized carbons (Fsp3) is 0.571. The van der Waals surface area contributed by atoms with Gasteiger partial charge in [-0.15, -0.1) is 0 Å². The number of nitrogens with one attached hydrogen (secondary N) is 1. The Kier molecular flexibility index (Phi) is 9.67. The van der Waals surface area contributed by atoms with Crippen molar-refractivity contribution in [2.75, 3.05) is 39.8 Å². The van der Waals surface area contributed by atoms with Gasteiger partial charge in [0.1, 0.15) is 11.6 Å². The van der Waals surface area contributed by atoms with E-state index in [1.165, 1.54) is 18.2 Å². The van der Waals surface area contributed by atoms with Gasteiger partial charge in [0, 0.05) is 31.6 Å². The third kappa shape index (κ3) is 7.80. The maximum Gasteiger partial charge on any atom is 0.290 e. The van der Waals surface area contributed by atoms with Crippen LogP contribution in [-0.2, 0) is 14.4 Å². The van der Waals surface area contributed by atoms with Crippen LogP contribution in [0.1, 0.15) is 19.3 Å². The number of hydrogen-bond acceptors (Lipinski definition) is 6.